The van der Waals surface area contributed by atoms with Gasteiger partial charge in [-0.3, -0.25) is 4.79 Å². The zero-order valence-electron chi connectivity index (χ0n) is 9.46. The first kappa shape index (κ1) is 13.9. The van der Waals surface area contributed by atoms with E-state index in [-0.39, 0.29) is 21.3 Å². The normalized spacial score (nSPS) is 10.5. The van der Waals surface area contributed by atoms with Gasteiger partial charge in [-0.25, -0.2) is 13.8 Å². The quantitative estimate of drug-likeness (QED) is 0.799. The Bertz CT molecular complexity index is 626. The highest BCUT2D eigenvalue weighted by Crippen LogP contribution is 2.21. The molecule has 6 heteroatoms. The topological polar surface area (TPSA) is 30.0 Å². The van der Waals surface area contributed by atoms with Crippen LogP contribution in [-0.2, 0) is 6.42 Å². The monoisotopic (exact) mass is 301 g/mol. The summed E-state index contributed by atoms with van der Waals surface area (Å²) in [6, 6.07) is 4.75. The Morgan fingerprint density at radius 2 is 1.84 bits per heavy atom. The van der Waals surface area contributed by atoms with Gasteiger partial charge in [0.2, 0.25) is 0 Å². The van der Waals surface area contributed by atoms with Crippen LogP contribution in [0.3, 0.4) is 0 Å². The van der Waals surface area contributed by atoms with E-state index >= 15 is 0 Å². The van der Waals surface area contributed by atoms with Gasteiger partial charge in [-0.2, -0.15) is 0 Å². The Balaban J connectivity index is 2.31. The summed E-state index contributed by atoms with van der Waals surface area (Å²) >= 11 is 11.5. The molecule has 19 heavy (non-hydrogen) atoms. The summed E-state index contributed by atoms with van der Waals surface area (Å²) in [5, 5.41) is 0.327. The summed E-state index contributed by atoms with van der Waals surface area (Å²) in [4.78, 5) is 15.7. The zero-order chi connectivity index (χ0) is 14.0. The van der Waals surface area contributed by atoms with Crippen molar-refractivity contribution in [1.82, 2.24) is 4.98 Å². The SMILES string of the molecule is O=C(Cc1c(F)cccc1F)c1ncc(Cl)cc1Cl. The summed E-state index contributed by atoms with van der Waals surface area (Å²) in [6.07, 6.45) is 0.797. The third-order valence-electron chi connectivity index (χ3n) is 2.47. The number of nitrogens with zero attached hydrogens (tertiary/aromatic N) is 1. The molecule has 1 aromatic carbocycles. The first-order valence-electron chi connectivity index (χ1n) is 5.26. The van der Waals surface area contributed by atoms with Gasteiger partial charge in [0.15, 0.2) is 5.78 Å². The molecular weight excluding hydrogens is 295 g/mol. The van der Waals surface area contributed by atoms with E-state index in [1.54, 1.807) is 0 Å². The second-order valence-corrected chi connectivity index (χ2v) is 4.63. The molecular formula is C13H7Cl2F2NO. The molecule has 0 aliphatic carbocycles. The maximum atomic E-state index is 13.4. The minimum Gasteiger partial charge on any atom is -0.292 e. The predicted octanol–water partition coefficient (Wildman–Crippen LogP) is 4.09. The summed E-state index contributed by atoms with van der Waals surface area (Å²) in [5.74, 6) is -2.14. The van der Waals surface area contributed by atoms with E-state index in [4.69, 9.17) is 23.2 Å². The van der Waals surface area contributed by atoms with Crippen molar-refractivity contribution in [2.75, 3.05) is 0 Å². The van der Waals surface area contributed by atoms with Crippen molar-refractivity contribution >= 4 is 29.0 Å². The highest BCUT2D eigenvalue weighted by Gasteiger charge is 2.17. The van der Waals surface area contributed by atoms with Crippen molar-refractivity contribution in [3.05, 3.63) is 63.4 Å². The number of Topliss-reactive ketones (excluding diaryl/α,β-unsaturated/α-hetero) is 1. The summed E-state index contributed by atoms with van der Waals surface area (Å²) in [5.41, 5.74) is -0.367. The molecule has 0 bridgehead atoms. The van der Waals surface area contributed by atoms with E-state index in [0.29, 0.717) is 0 Å². The van der Waals surface area contributed by atoms with Gasteiger partial charge in [0, 0.05) is 18.2 Å². The largest absolute Gasteiger partial charge is 0.292 e. The number of rotatable bonds is 3. The number of carbonyl (C=O) groups excluding carboxylic acids is 1. The van der Waals surface area contributed by atoms with Crippen LogP contribution in [0.25, 0.3) is 0 Å². The number of carbonyl (C=O) groups is 1. The van der Waals surface area contributed by atoms with Gasteiger partial charge in [0.1, 0.15) is 17.3 Å². The van der Waals surface area contributed by atoms with Gasteiger partial charge in [0.25, 0.3) is 0 Å². The zero-order valence-corrected chi connectivity index (χ0v) is 11.0. The lowest BCUT2D eigenvalue weighted by Crippen LogP contribution is -2.09. The maximum Gasteiger partial charge on any atom is 0.187 e. The Labute approximate surface area is 118 Å². The van der Waals surface area contributed by atoms with Crippen LogP contribution in [0.2, 0.25) is 10.0 Å². The molecule has 2 rings (SSSR count). The molecule has 1 aromatic heterocycles. The van der Waals surface area contributed by atoms with Gasteiger partial charge in [-0.15, -0.1) is 0 Å². The Kier molecular flexibility index (Phi) is 4.12. The molecule has 0 aliphatic rings. The van der Waals surface area contributed by atoms with Crippen LogP contribution in [0.15, 0.2) is 30.5 Å². The van der Waals surface area contributed by atoms with E-state index in [9.17, 15) is 13.6 Å². The van der Waals surface area contributed by atoms with Gasteiger partial charge in [0.05, 0.1) is 10.0 Å². The highest BCUT2D eigenvalue weighted by molar-refractivity contribution is 6.36. The molecule has 2 nitrogen and oxygen atoms in total. The molecule has 0 saturated carbocycles. The van der Waals surface area contributed by atoms with Crippen molar-refractivity contribution < 1.29 is 13.6 Å². The number of hydrogen-bond acceptors (Lipinski definition) is 2. The fraction of sp³-hybridized carbons (Fsp3) is 0.0769. The van der Waals surface area contributed by atoms with Crippen LogP contribution in [0.4, 0.5) is 8.78 Å². The van der Waals surface area contributed by atoms with Crippen LogP contribution in [0.5, 0.6) is 0 Å². The Morgan fingerprint density at radius 1 is 1.21 bits per heavy atom. The van der Waals surface area contributed by atoms with Gasteiger partial charge < -0.3 is 0 Å². The summed E-state index contributed by atoms with van der Waals surface area (Å²) < 4.78 is 26.8. The van der Waals surface area contributed by atoms with Crippen molar-refractivity contribution in [3.63, 3.8) is 0 Å². The molecule has 0 N–H and O–H groups in total. The average molecular weight is 302 g/mol. The van der Waals surface area contributed by atoms with Crippen molar-refractivity contribution in [1.29, 1.82) is 0 Å². The number of pyridine rings is 1. The van der Waals surface area contributed by atoms with Crippen LogP contribution in [0, 0.1) is 11.6 Å². The third-order valence-corrected chi connectivity index (χ3v) is 2.97. The number of aromatic nitrogens is 1. The molecule has 1 heterocycles. The van der Waals surface area contributed by atoms with Crippen molar-refractivity contribution in [2.45, 2.75) is 6.42 Å². The minimum absolute atomic E-state index is 0.0502. The highest BCUT2D eigenvalue weighted by atomic mass is 35.5. The lowest BCUT2D eigenvalue weighted by atomic mass is 10.1. The molecule has 0 spiro atoms. The molecule has 2 aromatic rings. The first-order chi connectivity index (χ1) is 8.99. The van der Waals surface area contributed by atoms with E-state index < -0.39 is 23.8 Å². The second kappa shape index (κ2) is 5.63. The van der Waals surface area contributed by atoms with Crippen LogP contribution in [0.1, 0.15) is 16.1 Å². The molecule has 0 aliphatic heterocycles. The maximum absolute atomic E-state index is 13.4. The number of halogens is 4. The standard InChI is InChI=1S/C13H7Cl2F2NO/c14-7-4-9(15)13(18-6-7)12(19)5-8-10(16)2-1-3-11(8)17/h1-4,6H,5H2. The molecule has 0 fully saturated rings. The molecule has 0 radical (unpaired) electrons. The molecule has 0 saturated heterocycles. The first-order valence-corrected chi connectivity index (χ1v) is 6.01. The molecule has 98 valence electrons. The smallest absolute Gasteiger partial charge is 0.187 e. The lowest BCUT2D eigenvalue weighted by molar-refractivity contribution is 0.0986. The van der Waals surface area contributed by atoms with Crippen molar-refractivity contribution in [2.24, 2.45) is 0 Å². The second-order valence-electron chi connectivity index (χ2n) is 3.78. The fourth-order valence-corrected chi connectivity index (χ4v) is 2.05. The average Bonchev–Trinajstić information content (AvgIpc) is 2.33. The van der Waals surface area contributed by atoms with Crippen LogP contribution >= 0.6 is 23.2 Å². The molecule has 0 amide bonds. The van der Waals surface area contributed by atoms with E-state index in [1.807, 2.05) is 0 Å². The number of ketones is 1. The van der Waals surface area contributed by atoms with Gasteiger partial charge >= 0.3 is 0 Å². The third kappa shape index (κ3) is 3.08. The van der Waals surface area contributed by atoms with E-state index in [1.165, 1.54) is 18.3 Å². The lowest BCUT2D eigenvalue weighted by Gasteiger charge is -2.05. The molecule has 0 atom stereocenters. The van der Waals surface area contributed by atoms with Gasteiger partial charge in [-0.05, 0) is 18.2 Å². The van der Waals surface area contributed by atoms with E-state index in [2.05, 4.69) is 4.98 Å². The fourth-order valence-electron chi connectivity index (χ4n) is 1.57. The predicted molar refractivity (Wildman–Crippen MR) is 68.6 cm³/mol. The number of benzene rings is 1. The van der Waals surface area contributed by atoms with Crippen LogP contribution < -0.4 is 0 Å². The summed E-state index contributed by atoms with van der Waals surface area (Å²) in [6.45, 7) is 0. The minimum atomic E-state index is -0.779. The Hall–Kier alpha value is -1.52. The summed E-state index contributed by atoms with van der Waals surface area (Å²) in [7, 11) is 0. The van der Waals surface area contributed by atoms with Gasteiger partial charge in [-0.1, -0.05) is 29.3 Å². The van der Waals surface area contributed by atoms with Crippen LogP contribution in [-0.4, -0.2) is 10.8 Å². The van der Waals surface area contributed by atoms with Crippen molar-refractivity contribution in [3.8, 4) is 0 Å². The molecule has 0 unspecified atom stereocenters. The number of hydrogen-bond donors (Lipinski definition) is 0. The Morgan fingerprint density at radius 3 is 2.42 bits per heavy atom. The van der Waals surface area contributed by atoms with E-state index in [0.717, 1.165) is 12.1 Å².